The van der Waals surface area contributed by atoms with E-state index >= 15 is 0 Å². The van der Waals surface area contributed by atoms with Crippen molar-refractivity contribution in [3.8, 4) is 11.3 Å². The number of carboxylic acids is 1. The van der Waals surface area contributed by atoms with Crippen LogP contribution in [0.5, 0.6) is 0 Å². The van der Waals surface area contributed by atoms with E-state index in [2.05, 4.69) is 5.32 Å². The lowest BCUT2D eigenvalue weighted by atomic mass is 10.1. The fourth-order valence-corrected chi connectivity index (χ4v) is 2.93. The van der Waals surface area contributed by atoms with Gasteiger partial charge >= 0.3 is 12.0 Å². The van der Waals surface area contributed by atoms with Crippen LogP contribution < -0.4 is 5.32 Å². The molecule has 9 heteroatoms. The number of carbonyl (C=O) groups excluding carboxylic acids is 3. The predicted octanol–water partition coefficient (Wildman–Crippen LogP) is 2.90. The Morgan fingerprint density at radius 3 is 2.67 bits per heavy atom. The SMILES string of the molecule is O=C1NC(=O)N(Cc2ccco2)C(=O)C1=Cc1ccc(-c2cccc(C(=O)O)c2)o1. The first-order valence-electron chi connectivity index (χ1n) is 8.77. The molecule has 0 unspecified atom stereocenters. The van der Waals surface area contributed by atoms with E-state index in [-0.39, 0.29) is 23.4 Å². The Morgan fingerprint density at radius 1 is 1.10 bits per heavy atom. The van der Waals surface area contributed by atoms with Crippen molar-refractivity contribution in [1.29, 1.82) is 0 Å². The standard InChI is InChI=1S/C21H14N2O7/c24-18-16(19(25)23(21(28)22-18)11-15-5-2-8-29-15)10-14-6-7-17(30-14)12-3-1-4-13(9-12)20(26)27/h1-10H,11H2,(H,26,27)(H,22,24,28). The minimum absolute atomic E-state index is 0.0951. The summed E-state index contributed by atoms with van der Waals surface area (Å²) in [7, 11) is 0. The molecule has 1 fully saturated rings. The molecule has 1 aromatic carbocycles. The molecule has 30 heavy (non-hydrogen) atoms. The number of hydrogen-bond donors (Lipinski definition) is 2. The maximum atomic E-state index is 12.7. The molecule has 1 aliphatic rings. The van der Waals surface area contributed by atoms with Crippen LogP contribution in [0.15, 0.2) is 69.2 Å². The van der Waals surface area contributed by atoms with E-state index < -0.39 is 23.8 Å². The summed E-state index contributed by atoms with van der Waals surface area (Å²) in [6.07, 6.45) is 2.64. The maximum Gasteiger partial charge on any atom is 0.335 e. The van der Waals surface area contributed by atoms with Gasteiger partial charge in [-0.05, 0) is 42.5 Å². The second kappa shape index (κ2) is 7.55. The normalized spacial score (nSPS) is 15.5. The lowest BCUT2D eigenvalue weighted by molar-refractivity contribution is -0.130. The largest absolute Gasteiger partial charge is 0.478 e. The molecule has 2 aromatic heterocycles. The molecule has 0 spiro atoms. The van der Waals surface area contributed by atoms with Crippen molar-refractivity contribution >= 4 is 29.9 Å². The van der Waals surface area contributed by atoms with Crippen LogP contribution in [0.2, 0.25) is 0 Å². The summed E-state index contributed by atoms with van der Waals surface area (Å²) in [5.41, 5.74) is 0.340. The van der Waals surface area contributed by atoms with E-state index in [1.54, 1.807) is 30.3 Å². The summed E-state index contributed by atoms with van der Waals surface area (Å²) < 4.78 is 10.8. The molecule has 2 N–H and O–H groups in total. The number of amides is 4. The first-order valence-corrected chi connectivity index (χ1v) is 8.77. The topological polar surface area (TPSA) is 130 Å². The Bertz CT molecular complexity index is 1190. The second-order valence-electron chi connectivity index (χ2n) is 6.38. The zero-order valence-electron chi connectivity index (χ0n) is 15.3. The molecule has 0 aliphatic carbocycles. The number of aromatic carboxylic acids is 1. The number of urea groups is 1. The van der Waals surface area contributed by atoms with Crippen molar-refractivity contribution in [2.75, 3.05) is 0 Å². The number of imide groups is 2. The third-order valence-corrected chi connectivity index (χ3v) is 4.39. The van der Waals surface area contributed by atoms with Gasteiger partial charge in [0.05, 0.1) is 18.4 Å². The second-order valence-corrected chi connectivity index (χ2v) is 6.38. The van der Waals surface area contributed by atoms with Crippen molar-refractivity contribution in [1.82, 2.24) is 10.2 Å². The third-order valence-electron chi connectivity index (χ3n) is 4.39. The van der Waals surface area contributed by atoms with Gasteiger partial charge in [-0.2, -0.15) is 0 Å². The van der Waals surface area contributed by atoms with Crippen molar-refractivity contribution in [2.45, 2.75) is 6.54 Å². The first kappa shape index (κ1) is 18.9. The third kappa shape index (κ3) is 3.63. The number of furan rings is 2. The molecule has 1 saturated heterocycles. The number of carbonyl (C=O) groups is 4. The molecular weight excluding hydrogens is 392 g/mol. The molecule has 0 bridgehead atoms. The summed E-state index contributed by atoms with van der Waals surface area (Å²) in [6.45, 7) is -0.131. The molecule has 150 valence electrons. The molecule has 4 amide bonds. The van der Waals surface area contributed by atoms with E-state index in [1.165, 1.54) is 30.5 Å². The van der Waals surface area contributed by atoms with Gasteiger partial charge in [-0.1, -0.05) is 12.1 Å². The first-order chi connectivity index (χ1) is 14.4. The van der Waals surface area contributed by atoms with Gasteiger partial charge in [-0.3, -0.25) is 19.8 Å². The monoisotopic (exact) mass is 406 g/mol. The summed E-state index contributed by atoms with van der Waals surface area (Å²) in [4.78, 5) is 48.9. The molecule has 0 atom stereocenters. The lowest BCUT2D eigenvalue weighted by Gasteiger charge is -2.25. The number of benzene rings is 1. The zero-order chi connectivity index (χ0) is 21.3. The summed E-state index contributed by atoms with van der Waals surface area (Å²) in [5.74, 6) is -1.77. The van der Waals surface area contributed by atoms with Crippen molar-refractivity contribution < 1.29 is 33.1 Å². The maximum absolute atomic E-state index is 12.7. The molecule has 3 aromatic rings. The van der Waals surface area contributed by atoms with Gasteiger partial charge in [0.25, 0.3) is 11.8 Å². The van der Waals surface area contributed by atoms with Gasteiger partial charge < -0.3 is 13.9 Å². The smallest absolute Gasteiger partial charge is 0.335 e. The fourth-order valence-electron chi connectivity index (χ4n) is 2.93. The van der Waals surface area contributed by atoms with Crippen LogP contribution in [0.1, 0.15) is 21.9 Å². The molecule has 9 nitrogen and oxygen atoms in total. The van der Waals surface area contributed by atoms with E-state index in [9.17, 15) is 19.2 Å². The van der Waals surface area contributed by atoms with Crippen LogP contribution in [0.3, 0.4) is 0 Å². The lowest BCUT2D eigenvalue weighted by Crippen LogP contribution is -2.53. The summed E-state index contributed by atoms with van der Waals surface area (Å²) in [5, 5.41) is 11.2. The number of rotatable bonds is 5. The van der Waals surface area contributed by atoms with Crippen LogP contribution in [0.4, 0.5) is 4.79 Å². The minimum Gasteiger partial charge on any atom is -0.478 e. The highest BCUT2D eigenvalue weighted by molar-refractivity contribution is 6.30. The highest BCUT2D eigenvalue weighted by Crippen LogP contribution is 2.25. The van der Waals surface area contributed by atoms with Crippen molar-refractivity contribution in [3.05, 3.63) is 77.5 Å². The quantitative estimate of drug-likeness (QED) is 0.492. The van der Waals surface area contributed by atoms with Gasteiger partial charge in [0.1, 0.15) is 22.9 Å². The predicted molar refractivity (Wildman–Crippen MR) is 102 cm³/mol. The highest BCUT2D eigenvalue weighted by atomic mass is 16.4. The number of barbiturate groups is 1. The molecule has 0 saturated carbocycles. The van der Waals surface area contributed by atoms with E-state index in [0.29, 0.717) is 17.1 Å². The minimum atomic E-state index is -1.07. The molecule has 4 rings (SSSR count). The Kier molecular flexibility index (Phi) is 4.77. The number of carboxylic acid groups (broad SMARTS) is 1. The van der Waals surface area contributed by atoms with Crippen LogP contribution in [0, 0.1) is 0 Å². The molecular formula is C21H14N2O7. The molecule has 3 heterocycles. The molecule has 0 radical (unpaired) electrons. The number of nitrogens with one attached hydrogen (secondary N) is 1. The van der Waals surface area contributed by atoms with Crippen molar-refractivity contribution in [2.24, 2.45) is 0 Å². The number of nitrogens with zero attached hydrogens (tertiary/aromatic N) is 1. The zero-order valence-corrected chi connectivity index (χ0v) is 15.3. The van der Waals surface area contributed by atoms with E-state index in [0.717, 1.165) is 4.90 Å². The van der Waals surface area contributed by atoms with E-state index in [4.69, 9.17) is 13.9 Å². The van der Waals surface area contributed by atoms with E-state index in [1.807, 2.05) is 0 Å². The Morgan fingerprint density at radius 2 is 1.93 bits per heavy atom. The summed E-state index contributed by atoms with van der Waals surface area (Å²) >= 11 is 0. The van der Waals surface area contributed by atoms with Crippen LogP contribution in [0.25, 0.3) is 17.4 Å². The van der Waals surface area contributed by atoms with Crippen molar-refractivity contribution in [3.63, 3.8) is 0 Å². The van der Waals surface area contributed by atoms with Gasteiger partial charge in [0, 0.05) is 5.56 Å². The highest BCUT2D eigenvalue weighted by Gasteiger charge is 2.36. The van der Waals surface area contributed by atoms with Gasteiger partial charge in [0.2, 0.25) is 0 Å². The Hall–Kier alpha value is -4.40. The molecule has 1 aliphatic heterocycles. The average molecular weight is 406 g/mol. The Balaban J connectivity index is 1.61. The summed E-state index contributed by atoms with van der Waals surface area (Å²) in [6, 6.07) is 11.6. The Labute approximate surface area is 169 Å². The number of hydrogen-bond acceptors (Lipinski definition) is 6. The van der Waals surface area contributed by atoms with Crippen LogP contribution in [-0.4, -0.2) is 33.8 Å². The van der Waals surface area contributed by atoms with Gasteiger partial charge in [-0.25, -0.2) is 9.59 Å². The van der Waals surface area contributed by atoms with Crippen LogP contribution >= 0.6 is 0 Å². The fraction of sp³-hybridized carbons (Fsp3) is 0.0476. The van der Waals surface area contributed by atoms with Gasteiger partial charge in [-0.15, -0.1) is 0 Å². The van der Waals surface area contributed by atoms with Gasteiger partial charge in [0.15, 0.2) is 0 Å². The van der Waals surface area contributed by atoms with Crippen LogP contribution in [-0.2, 0) is 16.1 Å². The average Bonchev–Trinajstić information content (AvgIpc) is 3.40.